The number of rotatable bonds is 3. The molecule has 0 bridgehead atoms. The highest BCUT2D eigenvalue weighted by molar-refractivity contribution is 6.03. The Labute approximate surface area is 135 Å². The van der Waals surface area contributed by atoms with E-state index in [0.29, 0.717) is 5.69 Å². The number of nitrogen functional groups attached to an aromatic ring is 1. The van der Waals surface area contributed by atoms with Gasteiger partial charge in [0.1, 0.15) is 5.82 Å². The molecule has 0 spiro atoms. The molecule has 3 nitrogen and oxygen atoms in total. The summed E-state index contributed by atoms with van der Waals surface area (Å²) in [4.78, 5) is 12.0. The van der Waals surface area contributed by atoms with E-state index in [1.165, 1.54) is 41.8 Å². The number of carbonyl (C=O) groups excluding carboxylic acids is 1. The predicted octanol–water partition coefficient (Wildman–Crippen LogP) is 3.95. The van der Waals surface area contributed by atoms with Crippen molar-refractivity contribution >= 4 is 23.4 Å². The first kappa shape index (κ1) is 15.3. The van der Waals surface area contributed by atoms with E-state index >= 15 is 0 Å². The molecule has 0 aromatic heterocycles. The van der Waals surface area contributed by atoms with Gasteiger partial charge in [-0.05, 0) is 66.6 Å². The third kappa shape index (κ3) is 3.77. The number of hydrogen-bond acceptors (Lipinski definition) is 2. The Morgan fingerprint density at radius 1 is 1.22 bits per heavy atom. The zero-order valence-electron chi connectivity index (χ0n) is 12.7. The van der Waals surface area contributed by atoms with Crippen LogP contribution in [0, 0.1) is 12.2 Å². The van der Waals surface area contributed by atoms with Crippen LogP contribution in [0.25, 0.3) is 6.08 Å². The summed E-state index contributed by atoms with van der Waals surface area (Å²) in [5, 5.41) is 2.65. The Morgan fingerprint density at radius 3 is 2.91 bits per heavy atom. The van der Waals surface area contributed by atoms with Gasteiger partial charge < -0.3 is 11.1 Å². The highest BCUT2D eigenvalue weighted by Gasteiger charge is 2.09. The minimum absolute atomic E-state index is 0.205. The minimum Gasteiger partial charge on any atom is -0.397 e. The third-order valence-electron chi connectivity index (χ3n) is 3.88. The average molecular weight is 309 g/mol. The molecule has 2 aromatic carbocycles. The van der Waals surface area contributed by atoms with E-state index in [2.05, 4.69) is 23.9 Å². The number of nitrogens with one attached hydrogen (secondary N) is 1. The Hall–Kier alpha value is -2.62. The molecule has 23 heavy (non-hydrogen) atoms. The maximum Gasteiger partial charge on any atom is 0.248 e. The van der Waals surface area contributed by atoms with Gasteiger partial charge in [0.05, 0.1) is 11.4 Å². The lowest BCUT2D eigenvalue weighted by molar-refractivity contribution is -0.111. The molecule has 3 N–H and O–H groups in total. The SMILES string of the molecule is Nc1cc(F)ccc1NC(=O)/C=C/c1ccc2c(c1)CCC[CH]2. The topological polar surface area (TPSA) is 55.1 Å². The average Bonchev–Trinajstić information content (AvgIpc) is 2.55. The molecule has 1 aliphatic rings. The summed E-state index contributed by atoms with van der Waals surface area (Å²) in [7, 11) is 0. The summed E-state index contributed by atoms with van der Waals surface area (Å²) >= 11 is 0. The Balaban J connectivity index is 1.68. The van der Waals surface area contributed by atoms with E-state index in [0.717, 1.165) is 18.4 Å². The summed E-state index contributed by atoms with van der Waals surface area (Å²) in [6, 6.07) is 10.1. The number of halogens is 1. The molecule has 4 heteroatoms. The van der Waals surface area contributed by atoms with Gasteiger partial charge in [0, 0.05) is 6.08 Å². The van der Waals surface area contributed by atoms with Crippen molar-refractivity contribution in [2.24, 2.45) is 0 Å². The molecule has 1 aliphatic carbocycles. The Morgan fingerprint density at radius 2 is 2.09 bits per heavy atom. The lowest BCUT2D eigenvalue weighted by Crippen LogP contribution is -2.09. The van der Waals surface area contributed by atoms with Crippen LogP contribution >= 0.6 is 0 Å². The quantitative estimate of drug-likeness (QED) is 0.666. The first-order valence-electron chi connectivity index (χ1n) is 7.62. The number of aryl methyl sites for hydroxylation is 1. The van der Waals surface area contributed by atoms with Gasteiger partial charge in [0.25, 0.3) is 0 Å². The maximum absolute atomic E-state index is 13.0. The molecule has 0 saturated carbocycles. The van der Waals surface area contributed by atoms with Crippen molar-refractivity contribution in [2.45, 2.75) is 19.3 Å². The standard InChI is InChI=1S/C19H18FN2O/c20-16-8-9-18(17(21)12-16)22-19(23)10-6-13-5-7-14-3-1-2-4-15(14)11-13/h3,5-12H,1-2,4,21H2,(H,22,23)/b10-6+. The second-order valence-corrected chi connectivity index (χ2v) is 5.61. The lowest BCUT2D eigenvalue weighted by atomic mass is 9.90. The summed E-state index contributed by atoms with van der Waals surface area (Å²) in [5.74, 6) is -0.727. The molecule has 2 aromatic rings. The van der Waals surface area contributed by atoms with Crippen molar-refractivity contribution < 1.29 is 9.18 Å². The van der Waals surface area contributed by atoms with E-state index in [1.54, 1.807) is 6.08 Å². The van der Waals surface area contributed by atoms with Crippen LogP contribution in [-0.4, -0.2) is 5.91 Å². The lowest BCUT2D eigenvalue weighted by Gasteiger charge is -2.15. The van der Waals surface area contributed by atoms with Crippen molar-refractivity contribution in [3.63, 3.8) is 0 Å². The number of anilines is 2. The Kier molecular flexibility index (Phi) is 4.42. The van der Waals surface area contributed by atoms with Crippen molar-refractivity contribution in [3.8, 4) is 0 Å². The number of benzene rings is 2. The van der Waals surface area contributed by atoms with E-state index < -0.39 is 5.82 Å². The maximum atomic E-state index is 13.0. The zero-order valence-corrected chi connectivity index (χ0v) is 12.7. The third-order valence-corrected chi connectivity index (χ3v) is 3.88. The number of amides is 1. The van der Waals surface area contributed by atoms with Gasteiger partial charge in [-0.25, -0.2) is 4.39 Å². The largest absolute Gasteiger partial charge is 0.397 e. The van der Waals surface area contributed by atoms with Crippen LogP contribution in [0.2, 0.25) is 0 Å². The molecular weight excluding hydrogens is 291 g/mol. The fraction of sp³-hybridized carbons (Fsp3) is 0.158. The molecule has 1 amide bonds. The number of hydrogen-bond donors (Lipinski definition) is 2. The van der Waals surface area contributed by atoms with Crippen LogP contribution in [0.1, 0.15) is 29.5 Å². The van der Waals surface area contributed by atoms with Crippen LogP contribution in [0.4, 0.5) is 15.8 Å². The minimum atomic E-state index is -0.429. The van der Waals surface area contributed by atoms with Crippen molar-refractivity contribution in [1.29, 1.82) is 0 Å². The zero-order chi connectivity index (χ0) is 16.2. The van der Waals surface area contributed by atoms with Gasteiger partial charge in [0.15, 0.2) is 0 Å². The van der Waals surface area contributed by atoms with Gasteiger partial charge >= 0.3 is 0 Å². The van der Waals surface area contributed by atoms with Gasteiger partial charge in [-0.3, -0.25) is 4.79 Å². The smallest absolute Gasteiger partial charge is 0.248 e. The van der Waals surface area contributed by atoms with E-state index in [1.807, 2.05) is 6.07 Å². The van der Waals surface area contributed by atoms with E-state index in [9.17, 15) is 9.18 Å². The van der Waals surface area contributed by atoms with Gasteiger partial charge in [-0.15, -0.1) is 0 Å². The molecule has 0 saturated heterocycles. The van der Waals surface area contributed by atoms with Crippen molar-refractivity contribution in [2.75, 3.05) is 11.1 Å². The molecule has 0 fully saturated rings. The number of carbonyl (C=O) groups is 1. The summed E-state index contributed by atoms with van der Waals surface area (Å²) in [5.41, 5.74) is 9.88. The van der Waals surface area contributed by atoms with Crippen molar-refractivity contribution in [3.05, 3.63) is 71.4 Å². The summed E-state index contributed by atoms with van der Waals surface area (Å²) in [6.07, 6.45) is 8.84. The molecule has 0 unspecified atom stereocenters. The molecule has 0 heterocycles. The monoisotopic (exact) mass is 309 g/mol. The molecule has 0 aliphatic heterocycles. The highest BCUT2D eigenvalue weighted by Crippen LogP contribution is 2.24. The normalized spacial score (nSPS) is 13.8. The second-order valence-electron chi connectivity index (χ2n) is 5.61. The highest BCUT2D eigenvalue weighted by atomic mass is 19.1. The molecule has 3 rings (SSSR count). The van der Waals surface area contributed by atoms with Gasteiger partial charge in [0.2, 0.25) is 5.91 Å². The van der Waals surface area contributed by atoms with E-state index in [4.69, 9.17) is 5.73 Å². The number of fused-ring (bicyclic) bond motifs is 1. The van der Waals surface area contributed by atoms with Crippen LogP contribution in [0.15, 0.2) is 42.5 Å². The first-order chi connectivity index (χ1) is 11.1. The fourth-order valence-corrected chi connectivity index (χ4v) is 2.69. The Bertz CT molecular complexity index is 768. The van der Waals surface area contributed by atoms with Crippen LogP contribution in [-0.2, 0) is 11.2 Å². The van der Waals surface area contributed by atoms with Crippen LogP contribution in [0.5, 0.6) is 0 Å². The first-order valence-corrected chi connectivity index (χ1v) is 7.62. The van der Waals surface area contributed by atoms with E-state index in [-0.39, 0.29) is 11.6 Å². The summed E-state index contributed by atoms with van der Waals surface area (Å²) in [6.45, 7) is 0. The molecular formula is C19H18FN2O. The number of nitrogens with two attached hydrogens (primary N) is 1. The second kappa shape index (κ2) is 6.65. The molecule has 117 valence electrons. The predicted molar refractivity (Wildman–Crippen MR) is 91.3 cm³/mol. The molecule has 0 atom stereocenters. The van der Waals surface area contributed by atoms with Gasteiger partial charge in [-0.1, -0.05) is 18.2 Å². The fourth-order valence-electron chi connectivity index (χ4n) is 2.69. The van der Waals surface area contributed by atoms with Gasteiger partial charge in [-0.2, -0.15) is 0 Å². The summed E-state index contributed by atoms with van der Waals surface area (Å²) < 4.78 is 13.0. The van der Waals surface area contributed by atoms with Crippen molar-refractivity contribution in [1.82, 2.24) is 0 Å². The van der Waals surface area contributed by atoms with Crippen LogP contribution in [0.3, 0.4) is 0 Å². The van der Waals surface area contributed by atoms with Crippen LogP contribution < -0.4 is 11.1 Å². The molecule has 1 radical (unpaired) electrons.